The molecule has 3 N–H and O–H groups in total. The van der Waals surface area contributed by atoms with E-state index in [9.17, 15) is 19.2 Å². The summed E-state index contributed by atoms with van der Waals surface area (Å²) in [6.45, 7) is 5.20. The summed E-state index contributed by atoms with van der Waals surface area (Å²) in [5.74, 6) is -1.10. The molecule has 1 aliphatic carbocycles. The largest absolute Gasteiger partial charge is 0.481 e. The standard InChI is InChI=1S/C32H42N4O5S/c1-3-22-9-8-10-25(19-22)35(4-2)29(37)21-36-26-16-18-42-28(26)20-27(36)32(41)34-24-14-12-23(13-15-24)31(40)33-17-7-5-6-11-30(38)39/h8-10,16,18-20,23-24H,3-7,11-15,17,21H2,1-2H3,(H,33,40)(H,34,41)(H,38,39). The van der Waals surface area contributed by atoms with Gasteiger partial charge in [0.1, 0.15) is 12.2 Å². The van der Waals surface area contributed by atoms with Crippen LogP contribution in [0.4, 0.5) is 5.69 Å². The number of benzene rings is 1. The predicted octanol–water partition coefficient (Wildman–Crippen LogP) is 5.37. The number of anilines is 1. The van der Waals surface area contributed by atoms with Crippen LogP contribution in [0.1, 0.15) is 81.3 Å². The molecule has 10 heteroatoms. The van der Waals surface area contributed by atoms with Crippen LogP contribution >= 0.6 is 11.3 Å². The molecule has 0 saturated heterocycles. The van der Waals surface area contributed by atoms with Gasteiger partial charge in [0.05, 0.1) is 10.2 Å². The maximum absolute atomic E-state index is 13.5. The summed E-state index contributed by atoms with van der Waals surface area (Å²) in [7, 11) is 0. The number of carboxylic acids is 1. The Hall–Kier alpha value is -3.66. The molecule has 0 spiro atoms. The molecular weight excluding hydrogens is 552 g/mol. The van der Waals surface area contributed by atoms with Crippen LogP contribution in [0.15, 0.2) is 41.8 Å². The fraction of sp³-hybridized carbons (Fsp3) is 0.500. The second-order valence-corrected chi connectivity index (χ2v) is 11.9. The quantitative estimate of drug-likeness (QED) is 0.217. The van der Waals surface area contributed by atoms with E-state index in [1.54, 1.807) is 16.2 Å². The summed E-state index contributed by atoms with van der Waals surface area (Å²) < 4.78 is 2.79. The van der Waals surface area contributed by atoms with Gasteiger partial charge in [0.2, 0.25) is 11.8 Å². The molecular formula is C32H42N4O5S. The van der Waals surface area contributed by atoms with Crippen molar-refractivity contribution in [1.29, 1.82) is 0 Å². The van der Waals surface area contributed by atoms with Gasteiger partial charge in [0.25, 0.3) is 5.91 Å². The third-order valence-corrected chi connectivity index (χ3v) is 8.95. The number of nitrogens with one attached hydrogen (secondary N) is 2. The summed E-state index contributed by atoms with van der Waals surface area (Å²) in [6, 6.07) is 11.8. The Balaban J connectivity index is 1.33. The van der Waals surface area contributed by atoms with Gasteiger partial charge in [0.15, 0.2) is 0 Å². The second kappa shape index (κ2) is 15.0. The number of thiophene rings is 1. The number of aryl methyl sites for hydroxylation is 1. The summed E-state index contributed by atoms with van der Waals surface area (Å²) in [5, 5.41) is 16.8. The van der Waals surface area contributed by atoms with Crippen molar-refractivity contribution in [2.75, 3.05) is 18.0 Å². The Kier molecular flexibility index (Phi) is 11.2. The number of hydrogen-bond donors (Lipinski definition) is 3. The summed E-state index contributed by atoms with van der Waals surface area (Å²) in [4.78, 5) is 52.0. The van der Waals surface area contributed by atoms with E-state index in [1.807, 2.05) is 47.2 Å². The van der Waals surface area contributed by atoms with Crippen molar-refractivity contribution >= 4 is 50.9 Å². The minimum Gasteiger partial charge on any atom is -0.481 e. The normalized spacial score (nSPS) is 16.7. The Morgan fingerprint density at radius 2 is 1.81 bits per heavy atom. The van der Waals surface area contributed by atoms with Crippen molar-refractivity contribution < 1.29 is 24.3 Å². The van der Waals surface area contributed by atoms with Crippen molar-refractivity contribution in [1.82, 2.24) is 15.2 Å². The van der Waals surface area contributed by atoms with Crippen molar-refractivity contribution in [3.63, 3.8) is 0 Å². The molecule has 226 valence electrons. The highest BCUT2D eigenvalue weighted by Gasteiger charge is 2.28. The van der Waals surface area contributed by atoms with Crippen molar-refractivity contribution in [2.24, 2.45) is 5.92 Å². The summed E-state index contributed by atoms with van der Waals surface area (Å²) in [6.07, 6.45) is 6.05. The van der Waals surface area contributed by atoms with E-state index in [-0.39, 0.29) is 42.6 Å². The number of nitrogens with zero attached hydrogens (tertiary/aromatic N) is 2. The Labute approximate surface area is 251 Å². The zero-order valence-electron chi connectivity index (χ0n) is 24.6. The van der Waals surface area contributed by atoms with Gasteiger partial charge in [-0.05, 0) is 87.1 Å². The maximum Gasteiger partial charge on any atom is 0.303 e. The van der Waals surface area contributed by atoms with Crippen LogP contribution in [-0.4, -0.2) is 52.5 Å². The molecule has 1 aromatic carbocycles. The molecule has 3 amide bonds. The number of rotatable bonds is 14. The van der Waals surface area contributed by atoms with Gasteiger partial charge in [-0.25, -0.2) is 0 Å². The first kappa shape index (κ1) is 31.3. The lowest BCUT2D eigenvalue weighted by Crippen LogP contribution is -2.42. The van der Waals surface area contributed by atoms with Gasteiger partial charge in [-0.15, -0.1) is 11.3 Å². The van der Waals surface area contributed by atoms with Gasteiger partial charge in [0, 0.05) is 37.2 Å². The Bertz CT molecular complexity index is 1390. The average Bonchev–Trinajstić information content (AvgIpc) is 3.58. The van der Waals surface area contributed by atoms with Gasteiger partial charge in [-0.1, -0.05) is 25.5 Å². The number of amides is 3. The SMILES string of the molecule is CCc1cccc(N(CC)C(=O)Cn2c(C(=O)NC3CCC(C(=O)NCCCCCC(=O)O)CC3)cc3sccc32)c1. The van der Waals surface area contributed by atoms with Crippen molar-refractivity contribution in [3.05, 3.63) is 53.0 Å². The summed E-state index contributed by atoms with van der Waals surface area (Å²) in [5.41, 5.74) is 3.38. The number of aromatic nitrogens is 1. The molecule has 0 radical (unpaired) electrons. The van der Waals surface area contributed by atoms with Crippen LogP contribution in [0.5, 0.6) is 0 Å². The Morgan fingerprint density at radius 3 is 2.52 bits per heavy atom. The average molecular weight is 595 g/mol. The molecule has 1 fully saturated rings. The third-order valence-electron chi connectivity index (χ3n) is 8.10. The molecule has 4 rings (SSSR count). The molecule has 1 aliphatic rings. The monoisotopic (exact) mass is 594 g/mol. The first-order valence-corrected chi connectivity index (χ1v) is 15.9. The van der Waals surface area contributed by atoms with Gasteiger partial charge < -0.3 is 25.2 Å². The van der Waals surface area contributed by atoms with E-state index in [0.717, 1.165) is 35.2 Å². The van der Waals surface area contributed by atoms with Crippen LogP contribution in [0.2, 0.25) is 0 Å². The first-order chi connectivity index (χ1) is 20.3. The number of unbranched alkanes of at least 4 members (excludes halogenated alkanes) is 2. The number of likely N-dealkylation sites (N-methyl/N-ethyl adjacent to an activating group) is 1. The predicted molar refractivity (Wildman–Crippen MR) is 166 cm³/mol. The smallest absolute Gasteiger partial charge is 0.303 e. The van der Waals surface area contributed by atoms with Crippen molar-refractivity contribution in [3.8, 4) is 0 Å². The number of hydrogen-bond acceptors (Lipinski definition) is 5. The number of fused-ring (bicyclic) bond motifs is 1. The van der Waals surface area contributed by atoms with E-state index in [4.69, 9.17) is 5.11 Å². The highest BCUT2D eigenvalue weighted by molar-refractivity contribution is 7.17. The lowest BCUT2D eigenvalue weighted by molar-refractivity contribution is -0.137. The number of carbonyl (C=O) groups is 4. The van der Waals surface area contributed by atoms with Crippen LogP contribution in [0.3, 0.4) is 0 Å². The fourth-order valence-electron chi connectivity index (χ4n) is 5.70. The first-order valence-electron chi connectivity index (χ1n) is 15.1. The molecule has 9 nitrogen and oxygen atoms in total. The third kappa shape index (κ3) is 8.00. The van der Waals surface area contributed by atoms with E-state index in [1.165, 1.54) is 5.56 Å². The molecule has 42 heavy (non-hydrogen) atoms. The number of aliphatic carboxylic acids is 1. The van der Waals surface area contributed by atoms with Gasteiger partial charge >= 0.3 is 5.97 Å². The molecule has 2 heterocycles. The van der Waals surface area contributed by atoms with Gasteiger partial charge in [-0.3, -0.25) is 19.2 Å². The van der Waals surface area contributed by atoms with E-state index >= 15 is 0 Å². The van der Waals surface area contributed by atoms with E-state index in [0.29, 0.717) is 50.9 Å². The number of carbonyl (C=O) groups excluding carboxylic acids is 3. The maximum atomic E-state index is 13.5. The zero-order chi connectivity index (χ0) is 30.1. The fourth-order valence-corrected chi connectivity index (χ4v) is 6.52. The molecule has 0 atom stereocenters. The van der Waals surface area contributed by atoms with Crippen molar-refractivity contribution in [2.45, 2.75) is 84.2 Å². The lowest BCUT2D eigenvalue weighted by atomic mass is 9.85. The summed E-state index contributed by atoms with van der Waals surface area (Å²) >= 11 is 1.55. The van der Waals surface area contributed by atoms with E-state index in [2.05, 4.69) is 23.6 Å². The lowest BCUT2D eigenvalue weighted by Gasteiger charge is -2.28. The van der Waals surface area contributed by atoms with E-state index < -0.39 is 5.97 Å². The Morgan fingerprint density at radius 1 is 1.02 bits per heavy atom. The molecule has 0 bridgehead atoms. The second-order valence-electron chi connectivity index (χ2n) is 11.0. The van der Waals surface area contributed by atoms with Crippen LogP contribution in [0.25, 0.3) is 10.2 Å². The number of carboxylic acid groups (broad SMARTS) is 1. The minimum absolute atomic E-state index is 0.0291. The van der Waals surface area contributed by atoms with Gasteiger partial charge in [-0.2, -0.15) is 0 Å². The molecule has 0 aliphatic heterocycles. The highest BCUT2D eigenvalue weighted by Crippen LogP contribution is 2.28. The minimum atomic E-state index is -0.791. The van der Waals surface area contributed by atoms with Crippen LogP contribution in [0, 0.1) is 5.92 Å². The van der Waals surface area contributed by atoms with Crippen LogP contribution in [-0.2, 0) is 27.3 Å². The topological polar surface area (TPSA) is 121 Å². The molecule has 1 saturated carbocycles. The molecule has 3 aromatic rings. The zero-order valence-corrected chi connectivity index (χ0v) is 25.4. The molecule has 0 unspecified atom stereocenters. The molecule has 2 aromatic heterocycles. The highest BCUT2D eigenvalue weighted by atomic mass is 32.1. The van der Waals surface area contributed by atoms with Crippen LogP contribution < -0.4 is 15.5 Å².